The quantitative estimate of drug-likeness (QED) is 0.763. The van der Waals surface area contributed by atoms with E-state index in [1.54, 1.807) is 25.3 Å². The molecule has 0 aliphatic rings. The van der Waals surface area contributed by atoms with E-state index in [1.165, 1.54) is 0 Å². The first-order valence-electron chi connectivity index (χ1n) is 6.09. The van der Waals surface area contributed by atoms with Gasteiger partial charge in [-0.2, -0.15) is 0 Å². The first-order chi connectivity index (χ1) is 8.62. The summed E-state index contributed by atoms with van der Waals surface area (Å²) in [7, 11) is 1.58. The minimum Gasteiger partial charge on any atom is -0.496 e. The number of ether oxygens (including phenoxy) is 2. The monoisotopic (exact) mass is 270 g/mol. The molecule has 100 valence electrons. The summed E-state index contributed by atoms with van der Waals surface area (Å²) in [5.41, 5.74) is 0.799. The molecule has 0 fully saturated rings. The van der Waals surface area contributed by atoms with Crippen LogP contribution >= 0.6 is 11.6 Å². The van der Waals surface area contributed by atoms with Gasteiger partial charge in [0.2, 0.25) is 0 Å². The molecule has 0 spiro atoms. The van der Waals surface area contributed by atoms with Crippen molar-refractivity contribution in [2.24, 2.45) is 0 Å². The molecule has 1 atom stereocenters. The molecule has 0 aliphatic carbocycles. The van der Waals surface area contributed by atoms with E-state index in [2.05, 4.69) is 0 Å². The van der Waals surface area contributed by atoms with Crippen molar-refractivity contribution >= 4 is 17.4 Å². The average Bonchev–Trinajstić information content (AvgIpc) is 2.36. The number of hydrogen-bond acceptors (Lipinski definition) is 3. The van der Waals surface area contributed by atoms with Crippen LogP contribution in [0.1, 0.15) is 25.8 Å². The first-order valence-corrected chi connectivity index (χ1v) is 6.46. The fraction of sp³-hybridized carbons (Fsp3) is 0.500. The predicted molar refractivity (Wildman–Crippen MR) is 72.4 cm³/mol. The Balaban J connectivity index is 2.82. The van der Waals surface area contributed by atoms with Gasteiger partial charge in [0.25, 0.3) is 0 Å². The van der Waals surface area contributed by atoms with Crippen molar-refractivity contribution in [1.82, 2.24) is 0 Å². The maximum Gasteiger partial charge on any atom is 0.166 e. The Morgan fingerprint density at radius 2 is 2.11 bits per heavy atom. The highest BCUT2D eigenvalue weighted by atomic mass is 35.5. The molecule has 1 unspecified atom stereocenters. The highest BCUT2D eigenvalue weighted by molar-refractivity contribution is 6.30. The number of rotatable bonds is 7. The van der Waals surface area contributed by atoms with Gasteiger partial charge in [0.1, 0.15) is 11.9 Å². The lowest BCUT2D eigenvalue weighted by Crippen LogP contribution is -2.25. The van der Waals surface area contributed by atoms with Gasteiger partial charge >= 0.3 is 0 Å². The van der Waals surface area contributed by atoms with Gasteiger partial charge in [-0.1, -0.05) is 18.5 Å². The summed E-state index contributed by atoms with van der Waals surface area (Å²) in [5.74, 6) is 0.735. The van der Waals surface area contributed by atoms with Crippen LogP contribution in [0.2, 0.25) is 5.02 Å². The van der Waals surface area contributed by atoms with Crippen LogP contribution in [0.3, 0.4) is 0 Å². The van der Waals surface area contributed by atoms with E-state index in [0.29, 0.717) is 23.8 Å². The predicted octanol–water partition coefficient (Wildman–Crippen LogP) is 3.28. The summed E-state index contributed by atoms with van der Waals surface area (Å²) >= 11 is 5.93. The van der Waals surface area contributed by atoms with Gasteiger partial charge in [0.05, 0.1) is 7.11 Å². The van der Waals surface area contributed by atoms with E-state index in [0.717, 1.165) is 5.56 Å². The number of methoxy groups -OCH3 is 1. The lowest BCUT2D eigenvalue weighted by atomic mass is 10.0. The molecule has 0 saturated carbocycles. The fourth-order valence-corrected chi connectivity index (χ4v) is 2.02. The standard InChI is InChI=1S/C14H19ClO3/c1-4-13(18-5-2)12(16)9-10-8-11(15)6-7-14(10)17-3/h6-8,13H,4-5,9H2,1-3H3. The van der Waals surface area contributed by atoms with Crippen LogP contribution in [0.5, 0.6) is 5.75 Å². The van der Waals surface area contributed by atoms with Crippen LogP contribution in [0.25, 0.3) is 0 Å². The second kappa shape index (κ2) is 7.39. The molecule has 3 nitrogen and oxygen atoms in total. The van der Waals surface area contributed by atoms with Gasteiger partial charge in [-0.25, -0.2) is 0 Å². The van der Waals surface area contributed by atoms with Gasteiger partial charge in [-0.05, 0) is 31.5 Å². The highest BCUT2D eigenvalue weighted by Gasteiger charge is 2.18. The molecule has 0 saturated heterocycles. The van der Waals surface area contributed by atoms with Gasteiger partial charge in [-0.15, -0.1) is 0 Å². The maximum absolute atomic E-state index is 12.1. The van der Waals surface area contributed by atoms with Crippen molar-refractivity contribution in [2.45, 2.75) is 32.8 Å². The van der Waals surface area contributed by atoms with Crippen LogP contribution in [-0.2, 0) is 16.0 Å². The Bertz CT molecular complexity index is 404. The number of Topliss-reactive ketones (excluding diaryl/α,β-unsaturated/α-hetero) is 1. The molecule has 0 amide bonds. The Kier molecular flexibility index (Phi) is 6.16. The molecule has 1 aromatic carbocycles. The van der Waals surface area contributed by atoms with Crippen molar-refractivity contribution in [3.05, 3.63) is 28.8 Å². The summed E-state index contributed by atoms with van der Waals surface area (Å²) in [6, 6.07) is 5.28. The number of hydrogen-bond donors (Lipinski definition) is 0. The van der Waals surface area contributed by atoms with E-state index < -0.39 is 0 Å². The molecule has 0 aromatic heterocycles. The minimum atomic E-state index is -0.348. The molecule has 4 heteroatoms. The van der Waals surface area contributed by atoms with Crippen molar-refractivity contribution in [2.75, 3.05) is 13.7 Å². The average molecular weight is 271 g/mol. The third kappa shape index (κ3) is 4.00. The minimum absolute atomic E-state index is 0.0555. The van der Waals surface area contributed by atoms with Crippen molar-refractivity contribution in [3.63, 3.8) is 0 Å². The van der Waals surface area contributed by atoms with E-state index in [9.17, 15) is 4.79 Å². The normalized spacial score (nSPS) is 12.2. The summed E-state index contributed by atoms with van der Waals surface area (Å²) in [6.07, 6.45) is 0.608. The molecule has 18 heavy (non-hydrogen) atoms. The molecular formula is C14H19ClO3. The zero-order valence-electron chi connectivity index (χ0n) is 11.0. The Labute approximate surface area is 113 Å². The van der Waals surface area contributed by atoms with Crippen molar-refractivity contribution in [3.8, 4) is 5.75 Å². The summed E-state index contributed by atoms with van der Waals surface area (Å²) in [6.45, 7) is 4.36. The second-order valence-corrected chi connectivity index (χ2v) is 4.39. The number of carbonyl (C=O) groups excluding carboxylic acids is 1. The van der Waals surface area contributed by atoms with Crippen LogP contribution in [-0.4, -0.2) is 25.6 Å². The number of carbonyl (C=O) groups is 1. The fourth-order valence-electron chi connectivity index (χ4n) is 1.83. The van der Waals surface area contributed by atoms with Gasteiger partial charge in [0.15, 0.2) is 5.78 Å². The van der Waals surface area contributed by atoms with Crippen molar-refractivity contribution in [1.29, 1.82) is 0 Å². The Hall–Kier alpha value is -1.06. The summed E-state index contributed by atoms with van der Waals surface area (Å²) in [4.78, 5) is 12.1. The van der Waals surface area contributed by atoms with Gasteiger partial charge < -0.3 is 9.47 Å². The SMILES string of the molecule is CCOC(CC)C(=O)Cc1cc(Cl)ccc1OC. The lowest BCUT2D eigenvalue weighted by Gasteiger charge is -2.15. The van der Waals surface area contributed by atoms with Crippen molar-refractivity contribution < 1.29 is 14.3 Å². The molecule has 0 heterocycles. The topological polar surface area (TPSA) is 35.5 Å². The third-order valence-corrected chi connectivity index (χ3v) is 2.94. The van der Waals surface area contributed by atoms with Gasteiger partial charge in [0, 0.05) is 23.6 Å². The zero-order chi connectivity index (χ0) is 13.5. The van der Waals surface area contributed by atoms with Gasteiger partial charge in [-0.3, -0.25) is 4.79 Å². The lowest BCUT2D eigenvalue weighted by molar-refractivity contribution is -0.129. The van der Waals surface area contributed by atoms with E-state index in [1.807, 2.05) is 13.8 Å². The van der Waals surface area contributed by atoms with Crippen LogP contribution in [0.15, 0.2) is 18.2 Å². The van der Waals surface area contributed by atoms with Crippen LogP contribution in [0, 0.1) is 0 Å². The molecule has 0 N–H and O–H groups in total. The number of halogens is 1. The molecule has 0 aliphatic heterocycles. The van der Waals surface area contributed by atoms with Crippen LogP contribution in [0.4, 0.5) is 0 Å². The number of benzene rings is 1. The third-order valence-electron chi connectivity index (χ3n) is 2.70. The molecule has 0 radical (unpaired) electrons. The van der Waals surface area contributed by atoms with E-state index >= 15 is 0 Å². The zero-order valence-corrected chi connectivity index (χ0v) is 11.8. The molecule has 1 aromatic rings. The Morgan fingerprint density at radius 1 is 1.39 bits per heavy atom. The second-order valence-electron chi connectivity index (χ2n) is 3.95. The first kappa shape index (κ1) is 15.0. The molecular weight excluding hydrogens is 252 g/mol. The summed E-state index contributed by atoms with van der Waals surface area (Å²) in [5, 5.41) is 0.600. The van der Waals surface area contributed by atoms with E-state index in [-0.39, 0.29) is 18.3 Å². The van der Waals surface area contributed by atoms with Crippen LogP contribution < -0.4 is 4.74 Å². The summed E-state index contributed by atoms with van der Waals surface area (Å²) < 4.78 is 10.6. The molecule has 0 bridgehead atoms. The smallest absolute Gasteiger partial charge is 0.166 e. The highest BCUT2D eigenvalue weighted by Crippen LogP contribution is 2.24. The largest absolute Gasteiger partial charge is 0.496 e. The molecule has 1 rings (SSSR count). The maximum atomic E-state index is 12.1. The Morgan fingerprint density at radius 3 is 2.67 bits per heavy atom. The van der Waals surface area contributed by atoms with E-state index in [4.69, 9.17) is 21.1 Å². The number of ketones is 1.